The second-order valence-electron chi connectivity index (χ2n) is 9.08. The molecule has 0 aromatic heterocycles. The van der Waals surface area contributed by atoms with E-state index in [1.165, 1.54) is 19.3 Å². The van der Waals surface area contributed by atoms with Crippen LogP contribution >= 0.6 is 0 Å². The summed E-state index contributed by atoms with van der Waals surface area (Å²) in [7, 11) is 1.82. The molecule has 0 spiro atoms. The van der Waals surface area contributed by atoms with Crippen LogP contribution in [0.2, 0.25) is 0 Å². The summed E-state index contributed by atoms with van der Waals surface area (Å²) in [6.07, 6.45) is 6.80. The van der Waals surface area contributed by atoms with Gasteiger partial charge < -0.3 is 15.5 Å². The summed E-state index contributed by atoms with van der Waals surface area (Å²) in [5.41, 5.74) is 0.242. The maximum absolute atomic E-state index is 12.6. The Labute approximate surface area is 154 Å². The van der Waals surface area contributed by atoms with Crippen LogP contribution in [-0.4, -0.2) is 49.5 Å². The average molecular weight is 351 g/mol. The molecule has 0 radical (unpaired) electrons. The van der Waals surface area contributed by atoms with E-state index in [2.05, 4.69) is 48.2 Å². The number of hydrogen-bond donors (Lipinski definition) is 2. The van der Waals surface area contributed by atoms with Gasteiger partial charge in [-0.05, 0) is 37.0 Å². The lowest BCUT2D eigenvalue weighted by Crippen LogP contribution is -2.47. The fourth-order valence-electron chi connectivity index (χ4n) is 4.40. The van der Waals surface area contributed by atoms with E-state index < -0.39 is 0 Å². The van der Waals surface area contributed by atoms with Crippen molar-refractivity contribution in [2.24, 2.45) is 22.2 Å². The van der Waals surface area contributed by atoms with E-state index in [9.17, 15) is 4.79 Å². The summed E-state index contributed by atoms with van der Waals surface area (Å²) in [5.74, 6) is 2.21. The number of guanidine groups is 1. The van der Waals surface area contributed by atoms with Crippen LogP contribution in [-0.2, 0) is 4.79 Å². The number of carbonyl (C=O) groups is 1. The van der Waals surface area contributed by atoms with E-state index >= 15 is 0 Å². The van der Waals surface area contributed by atoms with Crippen molar-refractivity contribution in [2.45, 2.75) is 72.3 Å². The first-order chi connectivity index (χ1) is 11.8. The van der Waals surface area contributed by atoms with Crippen molar-refractivity contribution in [3.05, 3.63) is 0 Å². The monoisotopic (exact) mass is 350 g/mol. The zero-order chi connectivity index (χ0) is 18.4. The SMILES string of the molecule is CN=C(NCC(C)(C)CC(C)C)NC1CCN(C(=O)C2CCCC2)C1. The number of aliphatic imine (C=N–C) groups is 1. The third-order valence-corrected chi connectivity index (χ3v) is 5.46. The highest BCUT2D eigenvalue weighted by Crippen LogP contribution is 2.28. The van der Waals surface area contributed by atoms with Gasteiger partial charge in [-0.2, -0.15) is 0 Å². The minimum Gasteiger partial charge on any atom is -0.356 e. The second-order valence-corrected chi connectivity index (χ2v) is 9.08. The average Bonchev–Trinajstić information content (AvgIpc) is 3.21. The number of hydrogen-bond acceptors (Lipinski definition) is 2. The molecule has 1 saturated carbocycles. The molecule has 1 saturated heterocycles. The number of nitrogens with zero attached hydrogens (tertiary/aromatic N) is 2. The highest BCUT2D eigenvalue weighted by molar-refractivity contribution is 5.81. The Morgan fingerprint density at radius 3 is 2.52 bits per heavy atom. The Hall–Kier alpha value is -1.26. The van der Waals surface area contributed by atoms with E-state index in [4.69, 9.17) is 0 Å². The number of rotatable bonds is 6. The molecular formula is C20H38N4O. The van der Waals surface area contributed by atoms with Crippen molar-refractivity contribution < 1.29 is 4.79 Å². The zero-order valence-electron chi connectivity index (χ0n) is 16.9. The summed E-state index contributed by atoms with van der Waals surface area (Å²) in [4.78, 5) is 19.0. The highest BCUT2D eigenvalue weighted by Gasteiger charge is 2.32. The molecule has 0 bridgehead atoms. The Morgan fingerprint density at radius 1 is 1.24 bits per heavy atom. The summed E-state index contributed by atoms with van der Waals surface area (Å²) >= 11 is 0. The minimum absolute atomic E-state index is 0.242. The standard InChI is InChI=1S/C20H38N4O/c1-15(2)12-20(3,4)14-22-19(21-5)23-17-10-11-24(13-17)18(25)16-8-6-7-9-16/h15-17H,6-14H2,1-5H3,(H2,21,22,23). The van der Waals surface area contributed by atoms with Gasteiger partial charge in [0.1, 0.15) is 0 Å². The van der Waals surface area contributed by atoms with Crippen molar-refractivity contribution in [1.29, 1.82) is 0 Å². The van der Waals surface area contributed by atoms with Crippen LogP contribution in [0.25, 0.3) is 0 Å². The van der Waals surface area contributed by atoms with Gasteiger partial charge in [0.05, 0.1) is 0 Å². The predicted molar refractivity (Wildman–Crippen MR) is 105 cm³/mol. The van der Waals surface area contributed by atoms with Crippen LogP contribution in [0.1, 0.15) is 66.2 Å². The maximum Gasteiger partial charge on any atom is 0.225 e. The molecule has 0 aromatic carbocycles. The van der Waals surface area contributed by atoms with Gasteiger partial charge in [-0.1, -0.05) is 40.5 Å². The van der Waals surface area contributed by atoms with Gasteiger partial charge in [-0.3, -0.25) is 9.79 Å². The topological polar surface area (TPSA) is 56.7 Å². The van der Waals surface area contributed by atoms with Crippen molar-refractivity contribution in [2.75, 3.05) is 26.7 Å². The molecule has 1 aliphatic carbocycles. The van der Waals surface area contributed by atoms with Gasteiger partial charge in [-0.25, -0.2) is 0 Å². The molecule has 5 heteroatoms. The molecule has 2 aliphatic rings. The highest BCUT2D eigenvalue weighted by atomic mass is 16.2. The van der Waals surface area contributed by atoms with Gasteiger partial charge in [0.15, 0.2) is 5.96 Å². The number of amides is 1. The summed E-state index contributed by atoms with van der Waals surface area (Å²) in [6, 6.07) is 0.310. The van der Waals surface area contributed by atoms with E-state index in [-0.39, 0.29) is 11.3 Å². The van der Waals surface area contributed by atoms with E-state index in [1.54, 1.807) is 0 Å². The van der Waals surface area contributed by atoms with Crippen LogP contribution in [0.3, 0.4) is 0 Å². The Balaban J connectivity index is 1.77. The third kappa shape index (κ3) is 6.19. The molecule has 1 amide bonds. The van der Waals surface area contributed by atoms with Crippen LogP contribution in [0.15, 0.2) is 4.99 Å². The first kappa shape index (κ1) is 20.1. The smallest absolute Gasteiger partial charge is 0.225 e. The molecular weight excluding hydrogens is 312 g/mol. The second kappa shape index (κ2) is 8.91. The molecule has 2 N–H and O–H groups in total. The quantitative estimate of drug-likeness (QED) is 0.572. The molecule has 5 nitrogen and oxygen atoms in total. The molecule has 25 heavy (non-hydrogen) atoms. The Morgan fingerprint density at radius 2 is 1.92 bits per heavy atom. The fraction of sp³-hybridized carbons (Fsp3) is 0.900. The lowest BCUT2D eigenvalue weighted by atomic mass is 9.84. The van der Waals surface area contributed by atoms with Crippen LogP contribution in [0, 0.1) is 17.3 Å². The summed E-state index contributed by atoms with van der Waals surface area (Å²) in [5, 5.41) is 6.99. The Bertz CT molecular complexity index is 466. The van der Waals surface area contributed by atoms with Crippen LogP contribution < -0.4 is 10.6 Å². The van der Waals surface area contributed by atoms with E-state index in [1.807, 2.05) is 7.05 Å². The van der Waals surface area contributed by atoms with E-state index in [0.717, 1.165) is 44.9 Å². The first-order valence-electron chi connectivity index (χ1n) is 10.1. The minimum atomic E-state index is 0.242. The lowest BCUT2D eigenvalue weighted by molar-refractivity contribution is -0.134. The number of nitrogens with one attached hydrogen (secondary N) is 2. The van der Waals surface area contributed by atoms with Crippen molar-refractivity contribution >= 4 is 11.9 Å². The predicted octanol–water partition coefficient (Wildman–Crippen LogP) is 3.01. The zero-order valence-corrected chi connectivity index (χ0v) is 16.9. The lowest BCUT2D eigenvalue weighted by Gasteiger charge is -2.28. The van der Waals surface area contributed by atoms with Crippen molar-refractivity contribution in [1.82, 2.24) is 15.5 Å². The normalized spacial score (nSPS) is 22.7. The van der Waals surface area contributed by atoms with Gasteiger partial charge in [-0.15, -0.1) is 0 Å². The summed E-state index contributed by atoms with van der Waals surface area (Å²) < 4.78 is 0. The number of likely N-dealkylation sites (tertiary alicyclic amines) is 1. The van der Waals surface area contributed by atoms with Gasteiger partial charge in [0.25, 0.3) is 0 Å². The van der Waals surface area contributed by atoms with Crippen molar-refractivity contribution in [3.63, 3.8) is 0 Å². The molecule has 2 fully saturated rings. The molecule has 1 atom stereocenters. The molecule has 1 unspecified atom stereocenters. The number of carbonyl (C=O) groups excluding carboxylic acids is 1. The molecule has 0 aromatic rings. The first-order valence-corrected chi connectivity index (χ1v) is 10.1. The third-order valence-electron chi connectivity index (χ3n) is 5.46. The van der Waals surface area contributed by atoms with Gasteiger partial charge >= 0.3 is 0 Å². The summed E-state index contributed by atoms with van der Waals surface area (Å²) in [6.45, 7) is 11.7. The molecule has 144 valence electrons. The van der Waals surface area contributed by atoms with Gasteiger partial charge in [0.2, 0.25) is 5.91 Å². The molecule has 1 aliphatic heterocycles. The maximum atomic E-state index is 12.6. The molecule has 1 heterocycles. The Kier molecular flexibility index (Phi) is 7.14. The molecule has 2 rings (SSSR count). The van der Waals surface area contributed by atoms with Crippen LogP contribution in [0.4, 0.5) is 0 Å². The largest absolute Gasteiger partial charge is 0.356 e. The van der Waals surface area contributed by atoms with E-state index in [0.29, 0.717) is 17.9 Å². The van der Waals surface area contributed by atoms with Gasteiger partial charge in [0, 0.05) is 38.6 Å². The van der Waals surface area contributed by atoms with Crippen LogP contribution in [0.5, 0.6) is 0 Å². The van der Waals surface area contributed by atoms with Crippen molar-refractivity contribution in [3.8, 4) is 0 Å². The fourth-order valence-corrected chi connectivity index (χ4v) is 4.40.